The van der Waals surface area contributed by atoms with E-state index in [2.05, 4.69) is 10.6 Å². The maximum atomic E-state index is 13.8. The van der Waals surface area contributed by atoms with Crippen LogP contribution in [0.2, 0.25) is 0 Å². The van der Waals surface area contributed by atoms with Crippen molar-refractivity contribution in [3.05, 3.63) is 78.4 Å². The van der Waals surface area contributed by atoms with Crippen molar-refractivity contribution in [2.75, 3.05) is 19.8 Å². The first-order chi connectivity index (χ1) is 22.8. The average Bonchev–Trinajstić information content (AvgIpc) is 3.56. The van der Waals surface area contributed by atoms with E-state index < -0.39 is 71.7 Å². The molecule has 13 heteroatoms. The zero-order chi connectivity index (χ0) is 35.1. The van der Waals surface area contributed by atoms with Crippen molar-refractivity contribution in [3.8, 4) is 5.75 Å². The van der Waals surface area contributed by atoms with E-state index in [1.54, 1.807) is 68.4 Å². The molecule has 1 fully saturated rings. The van der Waals surface area contributed by atoms with Gasteiger partial charge in [0.25, 0.3) is 5.91 Å². The molecule has 0 unspecified atom stereocenters. The smallest absolute Gasteiger partial charge is 0.254 e. The second-order valence-electron chi connectivity index (χ2n) is 12.7. The monoisotopic (exact) mass is 661 g/mol. The molecule has 1 saturated heterocycles. The number of ketones is 1. The minimum atomic E-state index is -2.50. The molecule has 4 amide bonds. The number of carbonyl (C=O) groups is 5. The molecule has 8 N–H and O–H groups in total. The number of nitrogens with two attached hydrogens (primary N) is 2. The van der Waals surface area contributed by atoms with Gasteiger partial charge in [0.2, 0.25) is 17.7 Å². The quantitative estimate of drug-likeness (QED) is 0.124. The van der Waals surface area contributed by atoms with Gasteiger partial charge in [-0.2, -0.15) is 0 Å². The number of fused-ring (bicyclic) bond motifs is 1. The van der Waals surface area contributed by atoms with Gasteiger partial charge in [-0.1, -0.05) is 66.7 Å². The molecule has 1 aliphatic heterocycles. The topological polar surface area (TPSA) is 214 Å². The van der Waals surface area contributed by atoms with Crippen LogP contribution in [0.25, 0.3) is 10.8 Å². The van der Waals surface area contributed by atoms with Crippen LogP contribution in [-0.2, 0) is 30.4 Å². The van der Waals surface area contributed by atoms with Gasteiger partial charge in [0.15, 0.2) is 17.4 Å². The molecule has 3 aromatic carbocycles. The standard InChI is InChI=1S/C35H43N5O8/c1-34(2,21-41)39-31(45)26-15-9-17-40(26)32(46)30(44)25(18-22-10-4-3-5-11-22)38-33(47)35(37,19-29(36)43)28(42)20-48-27-16-8-13-23-12-6-7-14-24(23)27/h3-8,10-14,16,25-26,30,41,44H,9,15,17-21,37H2,1-2H3,(H2,36,43)(H,38,47)(H,39,45)/t25-,26-,30-,35+/m0/s1. The molecule has 1 aliphatic rings. The maximum Gasteiger partial charge on any atom is 0.254 e. The Hall–Kier alpha value is -4.85. The summed E-state index contributed by atoms with van der Waals surface area (Å²) in [6.07, 6.45) is -1.98. The number of aliphatic hydroxyl groups is 2. The fourth-order valence-corrected chi connectivity index (χ4v) is 5.68. The third kappa shape index (κ3) is 8.54. The van der Waals surface area contributed by atoms with Gasteiger partial charge in [-0.15, -0.1) is 0 Å². The number of amides is 4. The largest absolute Gasteiger partial charge is 0.485 e. The predicted octanol–water partition coefficient (Wildman–Crippen LogP) is 0.327. The first-order valence-corrected chi connectivity index (χ1v) is 15.7. The van der Waals surface area contributed by atoms with Gasteiger partial charge in [0, 0.05) is 11.9 Å². The van der Waals surface area contributed by atoms with E-state index in [1.165, 1.54) is 4.90 Å². The van der Waals surface area contributed by atoms with Gasteiger partial charge >= 0.3 is 0 Å². The summed E-state index contributed by atoms with van der Waals surface area (Å²) in [6, 6.07) is 19.0. The molecule has 1 heterocycles. The molecule has 13 nitrogen and oxygen atoms in total. The number of hydrogen-bond acceptors (Lipinski definition) is 9. The Kier molecular flexibility index (Phi) is 11.5. The van der Waals surface area contributed by atoms with E-state index in [9.17, 15) is 34.2 Å². The van der Waals surface area contributed by atoms with Crippen molar-refractivity contribution in [1.82, 2.24) is 15.5 Å². The lowest BCUT2D eigenvalue weighted by molar-refractivity contribution is -0.148. The lowest BCUT2D eigenvalue weighted by Crippen LogP contribution is -2.66. The number of rotatable bonds is 15. The van der Waals surface area contributed by atoms with Crippen LogP contribution in [-0.4, -0.2) is 93.5 Å². The molecule has 4 atom stereocenters. The van der Waals surface area contributed by atoms with Crippen LogP contribution in [0.15, 0.2) is 72.8 Å². The summed E-state index contributed by atoms with van der Waals surface area (Å²) in [7, 11) is 0. The number of benzene rings is 3. The van der Waals surface area contributed by atoms with Crippen LogP contribution < -0.4 is 26.8 Å². The zero-order valence-corrected chi connectivity index (χ0v) is 27.1. The second-order valence-corrected chi connectivity index (χ2v) is 12.7. The highest BCUT2D eigenvalue weighted by Crippen LogP contribution is 2.26. The lowest BCUT2D eigenvalue weighted by atomic mass is 9.88. The highest BCUT2D eigenvalue weighted by atomic mass is 16.5. The second kappa shape index (κ2) is 15.4. The zero-order valence-electron chi connectivity index (χ0n) is 27.1. The number of Topliss-reactive ketones (excluding diaryl/α,β-unsaturated/α-hetero) is 1. The molecule has 0 saturated carbocycles. The number of primary amides is 1. The van der Waals surface area contributed by atoms with Crippen LogP contribution in [0.4, 0.5) is 0 Å². The molecule has 0 bridgehead atoms. The molecule has 4 rings (SSSR count). The van der Waals surface area contributed by atoms with E-state index in [0.29, 0.717) is 29.5 Å². The Labute approximate surface area is 278 Å². The molecule has 0 radical (unpaired) electrons. The maximum absolute atomic E-state index is 13.8. The van der Waals surface area contributed by atoms with Gasteiger partial charge in [-0.3, -0.25) is 24.0 Å². The summed E-state index contributed by atoms with van der Waals surface area (Å²) in [4.78, 5) is 67.5. The van der Waals surface area contributed by atoms with Crippen LogP contribution in [0.5, 0.6) is 5.75 Å². The molecule has 256 valence electrons. The van der Waals surface area contributed by atoms with Crippen molar-refractivity contribution in [2.24, 2.45) is 11.5 Å². The van der Waals surface area contributed by atoms with Crippen molar-refractivity contribution in [2.45, 2.75) is 68.8 Å². The summed E-state index contributed by atoms with van der Waals surface area (Å²) in [5.41, 5.74) is 8.96. The van der Waals surface area contributed by atoms with Crippen LogP contribution in [0, 0.1) is 0 Å². The van der Waals surface area contributed by atoms with Gasteiger partial charge in [-0.05, 0) is 50.1 Å². The highest BCUT2D eigenvalue weighted by molar-refractivity contribution is 6.13. The number of ether oxygens (including phenoxy) is 1. The normalized spacial score (nSPS) is 17.2. The van der Waals surface area contributed by atoms with Crippen molar-refractivity contribution >= 4 is 40.2 Å². The van der Waals surface area contributed by atoms with Crippen molar-refractivity contribution in [1.29, 1.82) is 0 Å². The third-order valence-electron chi connectivity index (χ3n) is 8.41. The van der Waals surface area contributed by atoms with Gasteiger partial charge in [0.1, 0.15) is 18.4 Å². The summed E-state index contributed by atoms with van der Waals surface area (Å²) in [5, 5.41) is 27.9. The molecule has 3 aromatic rings. The predicted molar refractivity (Wildman–Crippen MR) is 177 cm³/mol. The highest BCUT2D eigenvalue weighted by Gasteiger charge is 2.46. The van der Waals surface area contributed by atoms with Crippen molar-refractivity contribution < 1.29 is 38.9 Å². The fourth-order valence-electron chi connectivity index (χ4n) is 5.68. The molecular formula is C35H43N5O8. The fraction of sp³-hybridized carbons (Fsp3) is 0.400. The summed E-state index contributed by atoms with van der Waals surface area (Å²) >= 11 is 0. The first kappa shape index (κ1) is 36.0. The Morgan fingerprint density at radius 2 is 1.67 bits per heavy atom. The van der Waals surface area contributed by atoms with Gasteiger partial charge in [0.05, 0.1) is 24.6 Å². The molecule has 0 spiro atoms. The minimum Gasteiger partial charge on any atom is -0.485 e. The molecule has 0 aliphatic carbocycles. The van der Waals surface area contributed by atoms with E-state index in [-0.39, 0.29) is 19.6 Å². The SMILES string of the molecule is CC(C)(CO)NC(=O)[C@@H]1CCCN1C(=O)[C@@H](O)[C@H](Cc1ccccc1)NC(=O)[C@@](N)(CC(N)=O)C(=O)COc1cccc2ccccc12. The van der Waals surface area contributed by atoms with E-state index >= 15 is 0 Å². The average molecular weight is 662 g/mol. The van der Waals surface area contributed by atoms with Gasteiger partial charge in [-0.25, -0.2) is 0 Å². The number of aliphatic hydroxyl groups excluding tert-OH is 2. The summed E-state index contributed by atoms with van der Waals surface area (Å²) < 4.78 is 5.76. The molecular weight excluding hydrogens is 618 g/mol. The number of likely N-dealkylation sites (tertiary alicyclic amines) is 1. The number of nitrogens with one attached hydrogen (secondary N) is 2. The summed E-state index contributed by atoms with van der Waals surface area (Å²) in [6.45, 7) is 2.43. The number of carbonyl (C=O) groups excluding carboxylic acids is 5. The minimum absolute atomic E-state index is 0.0604. The Bertz CT molecular complexity index is 1640. The van der Waals surface area contributed by atoms with E-state index in [1.807, 2.05) is 18.2 Å². The Balaban J connectivity index is 1.57. The number of nitrogens with zero attached hydrogens (tertiary/aromatic N) is 1. The number of hydrogen-bond donors (Lipinski definition) is 6. The van der Waals surface area contributed by atoms with E-state index in [0.717, 1.165) is 5.39 Å². The van der Waals surface area contributed by atoms with E-state index in [4.69, 9.17) is 16.2 Å². The van der Waals surface area contributed by atoms with Crippen LogP contribution in [0.1, 0.15) is 38.7 Å². The molecule has 0 aromatic heterocycles. The van der Waals surface area contributed by atoms with Gasteiger partial charge < -0.3 is 42.0 Å². The summed E-state index contributed by atoms with van der Waals surface area (Å²) in [5.74, 6) is -4.07. The Morgan fingerprint density at radius 3 is 2.35 bits per heavy atom. The van der Waals surface area contributed by atoms with Crippen molar-refractivity contribution in [3.63, 3.8) is 0 Å². The van der Waals surface area contributed by atoms with Crippen LogP contribution >= 0.6 is 0 Å². The Morgan fingerprint density at radius 1 is 1.00 bits per heavy atom. The van der Waals surface area contributed by atoms with Crippen LogP contribution in [0.3, 0.4) is 0 Å². The third-order valence-corrected chi connectivity index (χ3v) is 8.41. The lowest BCUT2D eigenvalue weighted by Gasteiger charge is -2.34. The molecule has 48 heavy (non-hydrogen) atoms. The first-order valence-electron chi connectivity index (χ1n) is 15.7.